The topological polar surface area (TPSA) is 57.8 Å². The van der Waals surface area contributed by atoms with E-state index in [1.807, 2.05) is 24.5 Å². The van der Waals surface area contributed by atoms with E-state index >= 15 is 0 Å². The highest BCUT2D eigenvalue weighted by atomic mass is 28.3. The second kappa shape index (κ2) is 8.04. The number of fused-ring (bicyclic) bond motifs is 3. The zero-order valence-electron chi connectivity index (χ0n) is 17.1. The van der Waals surface area contributed by atoms with Gasteiger partial charge in [0.25, 0.3) is 0 Å². The second-order valence-electron chi connectivity index (χ2n) is 8.42. The molecule has 0 spiro atoms. The molecular formula is C21H26FN5OSi. The van der Waals surface area contributed by atoms with Gasteiger partial charge in [-0.1, -0.05) is 19.6 Å². The maximum absolute atomic E-state index is 12.6. The number of ether oxygens (including phenoxy) is 1. The van der Waals surface area contributed by atoms with Crippen LogP contribution in [0.4, 0.5) is 4.39 Å². The number of aryl methyl sites for hydroxylation is 1. The summed E-state index contributed by atoms with van der Waals surface area (Å²) in [6.07, 6.45) is 7.22. The Hall–Kier alpha value is -2.58. The predicted octanol–water partition coefficient (Wildman–Crippen LogP) is 4.73. The first-order valence-corrected chi connectivity index (χ1v) is 13.6. The molecule has 0 saturated heterocycles. The molecule has 0 radical (unpaired) electrons. The highest BCUT2D eigenvalue weighted by molar-refractivity contribution is 6.76. The Morgan fingerprint density at radius 2 is 1.97 bits per heavy atom. The Kier molecular flexibility index (Phi) is 5.47. The van der Waals surface area contributed by atoms with E-state index < -0.39 is 14.7 Å². The Balaban J connectivity index is 1.70. The summed E-state index contributed by atoms with van der Waals surface area (Å²) in [7, 11) is -1.14. The summed E-state index contributed by atoms with van der Waals surface area (Å²) in [6, 6.07) is 7.16. The third-order valence-corrected chi connectivity index (χ3v) is 6.67. The first-order valence-electron chi connectivity index (χ1n) is 9.86. The van der Waals surface area contributed by atoms with E-state index in [2.05, 4.69) is 40.4 Å². The molecule has 0 aliphatic rings. The predicted molar refractivity (Wildman–Crippen MR) is 116 cm³/mol. The summed E-state index contributed by atoms with van der Waals surface area (Å²) in [5.41, 5.74) is 3.59. The number of rotatable bonds is 8. The molecule has 0 bridgehead atoms. The minimum Gasteiger partial charge on any atom is -0.361 e. The molecule has 0 fully saturated rings. The molecule has 152 valence electrons. The standard InChI is InChI=1S/C21H26FN5OSi/c1-29(2,3)11-10-28-15-27-20-6-8-23-13-18(20)17-4-5-19(25-21(17)27)16-12-24-26(14-16)9-7-22/h4-6,8,12-14H,7,9-11,15H2,1-3H3. The lowest BCUT2D eigenvalue weighted by atomic mass is 10.2. The lowest BCUT2D eigenvalue weighted by Crippen LogP contribution is -2.22. The number of hydrogen-bond donors (Lipinski definition) is 0. The Morgan fingerprint density at radius 1 is 1.10 bits per heavy atom. The zero-order valence-corrected chi connectivity index (χ0v) is 18.1. The van der Waals surface area contributed by atoms with Gasteiger partial charge in [-0.3, -0.25) is 9.67 Å². The van der Waals surface area contributed by atoms with Crippen molar-refractivity contribution in [3.63, 3.8) is 0 Å². The Labute approximate surface area is 170 Å². The van der Waals surface area contributed by atoms with Crippen LogP contribution in [0.15, 0.2) is 43.0 Å². The van der Waals surface area contributed by atoms with Crippen LogP contribution in [0.3, 0.4) is 0 Å². The SMILES string of the molecule is C[Si](C)(C)CCOCn1c2ccncc2c2ccc(-c3cnn(CCF)c3)nc21. The highest BCUT2D eigenvalue weighted by Crippen LogP contribution is 2.29. The van der Waals surface area contributed by atoms with E-state index in [1.165, 1.54) is 0 Å². The van der Waals surface area contributed by atoms with E-state index in [0.717, 1.165) is 45.8 Å². The first-order chi connectivity index (χ1) is 14.0. The monoisotopic (exact) mass is 411 g/mol. The molecule has 0 aliphatic heterocycles. The van der Waals surface area contributed by atoms with E-state index in [9.17, 15) is 4.39 Å². The number of aromatic nitrogens is 5. The Bertz CT molecular complexity index is 1130. The van der Waals surface area contributed by atoms with Gasteiger partial charge in [-0.05, 0) is 24.2 Å². The maximum atomic E-state index is 12.6. The van der Waals surface area contributed by atoms with E-state index in [1.54, 1.807) is 17.1 Å². The molecule has 0 unspecified atom stereocenters. The molecule has 4 heterocycles. The zero-order chi connectivity index (χ0) is 20.4. The number of alkyl halides is 1. The van der Waals surface area contributed by atoms with Crippen molar-refractivity contribution in [3.05, 3.63) is 43.0 Å². The van der Waals surface area contributed by atoms with E-state index in [0.29, 0.717) is 6.73 Å². The van der Waals surface area contributed by atoms with Crippen LogP contribution in [0.2, 0.25) is 25.7 Å². The number of nitrogens with zero attached hydrogens (tertiary/aromatic N) is 5. The van der Waals surface area contributed by atoms with Crippen LogP contribution in [-0.2, 0) is 18.0 Å². The minimum absolute atomic E-state index is 0.249. The van der Waals surface area contributed by atoms with Crippen molar-refractivity contribution >= 4 is 30.0 Å². The summed E-state index contributed by atoms with van der Waals surface area (Å²) < 4.78 is 22.3. The van der Waals surface area contributed by atoms with Gasteiger partial charge in [0.2, 0.25) is 0 Å². The van der Waals surface area contributed by atoms with Crippen LogP contribution < -0.4 is 0 Å². The fourth-order valence-corrected chi connectivity index (χ4v) is 4.10. The van der Waals surface area contributed by atoms with Crippen molar-refractivity contribution < 1.29 is 9.13 Å². The van der Waals surface area contributed by atoms with Crippen molar-refractivity contribution in [2.45, 2.75) is 39.0 Å². The molecule has 0 atom stereocenters. The molecule has 0 amide bonds. The van der Waals surface area contributed by atoms with Crippen LogP contribution in [0, 0.1) is 0 Å². The van der Waals surface area contributed by atoms with Gasteiger partial charge in [-0.2, -0.15) is 5.10 Å². The van der Waals surface area contributed by atoms with E-state index in [-0.39, 0.29) is 6.54 Å². The lowest BCUT2D eigenvalue weighted by Gasteiger charge is -2.16. The molecule has 0 aromatic carbocycles. The second-order valence-corrected chi connectivity index (χ2v) is 14.0. The summed E-state index contributed by atoms with van der Waals surface area (Å²) in [5, 5.41) is 6.31. The summed E-state index contributed by atoms with van der Waals surface area (Å²) in [5.74, 6) is 0. The molecule has 29 heavy (non-hydrogen) atoms. The van der Waals surface area contributed by atoms with Crippen LogP contribution in [0.1, 0.15) is 0 Å². The van der Waals surface area contributed by atoms with Gasteiger partial charge in [-0.25, -0.2) is 9.37 Å². The van der Waals surface area contributed by atoms with Crippen LogP contribution in [0.5, 0.6) is 0 Å². The van der Waals surface area contributed by atoms with Gasteiger partial charge >= 0.3 is 0 Å². The first kappa shape index (κ1) is 19.7. The van der Waals surface area contributed by atoms with Gasteiger partial charge in [-0.15, -0.1) is 0 Å². The largest absolute Gasteiger partial charge is 0.361 e. The average Bonchev–Trinajstić information content (AvgIpc) is 3.27. The van der Waals surface area contributed by atoms with Gasteiger partial charge in [0.1, 0.15) is 19.1 Å². The molecular weight excluding hydrogens is 385 g/mol. The molecule has 0 aliphatic carbocycles. The number of halogens is 1. The quantitative estimate of drug-likeness (QED) is 0.311. The summed E-state index contributed by atoms with van der Waals surface area (Å²) in [4.78, 5) is 9.18. The number of hydrogen-bond acceptors (Lipinski definition) is 4. The third kappa shape index (κ3) is 4.23. The van der Waals surface area contributed by atoms with Crippen LogP contribution in [0.25, 0.3) is 33.2 Å². The van der Waals surface area contributed by atoms with Crippen molar-refractivity contribution in [1.29, 1.82) is 0 Å². The van der Waals surface area contributed by atoms with Crippen LogP contribution >= 0.6 is 0 Å². The lowest BCUT2D eigenvalue weighted by molar-refractivity contribution is 0.0926. The molecule has 4 aromatic heterocycles. The average molecular weight is 412 g/mol. The molecule has 4 aromatic rings. The van der Waals surface area contributed by atoms with Crippen molar-refractivity contribution in [2.24, 2.45) is 0 Å². The number of pyridine rings is 2. The third-order valence-electron chi connectivity index (χ3n) is 4.97. The summed E-state index contributed by atoms with van der Waals surface area (Å²) in [6.45, 7) is 8.05. The van der Waals surface area contributed by atoms with Crippen molar-refractivity contribution in [1.82, 2.24) is 24.3 Å². The maximum Gasteiger partial charge on any atom is 0.143 e. The normalized spacial score (nSPS) is 12.3. The molecule has 0 N–H and O–H groups in total. The fraction of sp³-hybridized carbons (Fsp3) is 0.381. The fourth-order valence-electron chi connectivity index (χ4n) is 3.34. The van der Waals surface area contributed by atoms with Crippen LogP contribution in [-0.4, -0.2) is 45.7 Å². The molecule has 0 saturated carbocycles. The minimum atomic E-state index is -1.14. The molecule has 6 nitrogen and oxygen atoms in total. The van der Waals surface area contributed by atoms with E-state index in [4.69, 9.17) is 9.72 Å². The highest BCUT2D eigenvalue weighted by Gasteiger charge is 2.15. The smallest absolute Gasteiger partial charge is 0.143 e. The van der Waals surface area contributed by atoms with Gasteiger partial charge in [0.15, 0.2) is 0 Å². The van der Waals surface area contributed by atoms with Crippen molar-refractivity contribution in [3.8, 4) is 11.3 Å². The van der Waals surface area contributed by atoms with Crippen molar-refractivity contribution in [2.75, 3.05) is 13.3 Å². The van der Waals surface area contributed by atoms with Gasteiger partial charge in [0, 0.05) is 49.6 Å². The Morgan fingerprint density at radius 3 is 2.76 bits per heavy atom. The summed E-state index contributed by atoms with van der Waals surface area (Å²) >= 11 is 0. The molecule has 4 rings (SSSR count). The van der Waals surface area contributed by atoms with Gasteiger partial charge < -0.3 is 9.30 Å². The molecule has 8 heteroatoms. The van der Waals surface area contributed by atoms with Gasteiger partial charge in [0.05, 0.1) is 24.0 Å².